The van der Waals surface area contributed by atoms with Crippen molar-refractivity contribution >= 4 is 23.5 Å². The van der Waals surface area contributed by atoms with Gasteiger partial charge in [-0.25, -0.2) is 0 Å². The third-order valence-corrected chi connectivity index (χ3v) is 5.96. The molecule has 0 aliphatic carbocycles. The monoisotopic (exact) mass is 582 g/mol. The van der Waals surface area contributed by atoms with Crippen molar-refractivity contribution in [2.45, 2.75) is 79.2 Å². The number of nitro benzene ring substituents is 1. The third kappa shape index (κ3) is 11.9. The average Bonchev–Trinajstić information content (AvgIpc) is 2.79. The summed E-state index contributed by atoms with van der Waals surface area (Å²) in [4.78, 5) is 47.4. The van der Waals surface area contributed by atoms with Crippen LogP contribution in [-0.4, -0.2) is 47.0 Å². The van der Waals surface area contributed by atoms with E-state index in [0.717, 1.165) is 0 Å². The zero-order valence-electron chi connectivity index (χ0n) is 22.0. The van der Waals surface area contributed by atoms with Gasteiger partial charge in [-0.15, -0.1) is 0 Å². The second-order valence-electron chi connectivity index (χ2n) is 9.83. The molecule has 2 amide bonds. The van der Waals surface area contributed by atoms with Crippen molar-refractivity contribution in [3.8, 4) is 5.75 Å². The van der Waals surface area contributed by atoms with Crippen LogP contribution in [0.1, 0.15) is 73.1 Å². The molecular weight excluding hydrogens is 543 g/mol. The Hall–Kier alpha value is -1.91. The van der Waals surface area contributed by atoms with E-state index >= 15 is 0 Å². The number of rotatable bonds is 15. The first kappa shape index (κ1) is 34.1. The maximum absolute atomic E-state index is 12.8. The summed E-state index contributed by atoms with van der Waals surface area (Å²) in [5.41, 5.74) is -1.57. The summed E-state index contributed by atoms with van der Waals surface area (Å²) in [5, 5.41) is 25.7. The minimum atomic E-state index is -0.762. The number of carbonyl (C=O) groups excluding carboxylic acids is 3. The van der Waals surface area contributed by atoms with E-state index in [2.05, 4.69) is 10.6 Å². The molecule has 36 heavy (non-hydrogen) atoms. The average molecular weight is 583 g/mol. The number of non-ortho nitro benzene ring substituents is 1. The van der Waals surface area contributed by atoms with Crippen LogP contribution >= 0.6 is 0 Å². The number of nitrogens with one attached hydrogen (secondary N) is 2. The molecule has 0 aliphatic heterocycles. The van der Waals surface area contributed by atoms with Crippen molar-refractivity contribution in [1.82, 2.24) is 10.6 Å². The van der Waals surface area contributed by atoms with E-state index in [0.29, 0.717) is 38.6 Å². The number of esters is 1. The van der Waals surface area contributed by atoms with Crippen LogP contribution in [0.25, 0.3) is 0 Å². The molecule has 2 unspecified atom stereocenters. The first-order valence-corrected chi connectivity index (χ1v) is 12.0. The van der Waals surface area contributed by atoms with Crippen LogP contribution in [0.15, 0.2) is 24.3 Å². The molecule has 10 nitrogen and oxygen atoms in total. The quantitative estimate of drug-likeness (QED) is 0.0943. The molecular formula is C25H39N3O7Y. The van der Waals surface area contributed by atoms with Crippen molar-refractivity contribution in [1.29, 1.82) is 0 Å². The molecule has 0 bridgehead atoms. The Labute approximate surface area is 238 Å². The standard InChI is InChI=1S/C25H39N3O7.Y/c1-6-25(5,23(32)27-16-18(2)29)17-24(3,4)22(31)26-15-9-7-8-10-21(30)35-20-13-11-19(12-14-20)28(33)34;/h11-14,18,29H,6-10,15-17H2,1-5H3,(H,26,31)(H,27,32);. The number of hydrogen-bond donors (Lipinski definition) is 3. The minimum absolute atomic E-state index is 0. The van der Waals surface area contributed by atoms with Crippen LogP contribution in [0.2, 0.25) is 0 Å². The third-order valence-electron chi connectivity index (χ3n) is 5.96. The fourth-order valence-corrected chi connectivity index (χ4v) is 3.71. The van der Waals surface area contributed by atoms with E-state index < -0.39 is 27.8 Å². The molecule has 3 N–H and O–H groups in total. The number of hydrogen-bond acceptors (Lipinski definition) is 7. The predicted octanol–water partition coefficient (Wildman–Crippen LogP) is 3.50. The molecule has 1 aromatic carbocycles. The Balaban J connectivity index is 0.0000122. The second-order valence-corrected chi connectivity index (χ2v) is 9.83. The molecule has 0 heterocycles. The number of benzene rings is 1. The smallest absolute Gasteiger partial charge is 0.311 e. The molecule has 1 radical (unpaired) electrons. The van der Waals surface area contributed by atoms with Gasteiger partial charge >= 0.3 is 5.97 Å². The molecule has 1 rings (SSSR count). The van der Waals surface area contributed by atoms with Crippen molar-refractivity contribution in [3.05, 3.63) is 34.4 Å². The predicted molar refractivity (Wildman–Crippen MR) is 132 cm³/mol. The molecule has 0 aliphatic rings. The van der Waals surface area contributed by atoms with Crippen molar-refractivity contribution in [2.24, 2.45) is 10.8 Å². The van der Waals surface area contributed by atoms with E-state index in [4.69, 9.17) is 4.74 Å². The minimum Gasteiger partial charge on any atom is -0.427 e. The van der Waals surface area contributed by atoms with Crippen molar-refractivity contribution < 1.29 is 61.9 Å². The SMILES string of the molecule is CCC(C)(CC(C)(C)C(=O)NCCCCCC(=O)Oc1ccc([N+](=O)[O-])cc1)C(=O)NCC(C)O.[Y]. The summed E-state index contributed by atoms with van der Waals surface area (Å²) >= 11 is 0. The Morgan fingerprint density at radius 2 is 1.67 bits per heavy atom. The number of unbranched alkanes of at least 4 members (excludes halogenated alkanes) is 2. The van der Waals surface area contributed by atoms with Gasteiger partial charge in [0.1, 0.15) is 5.75 Å². The van der Waals surface area contributed by atoms with Gasteiger partial charge in [0, 0.05) is 75.2 Å². The normalized spacial score (nSPS) is 13.5. The Morgan fingerprint density at radius 1 is 1.06 bits per heavy atom. The fraction of sp³-hybridized carbons (Fsp3) is 0.640. The zero-order chi connectivity index (χ0) is 26.6. The number of aliphatic hydroxyl groups excluding tert-OH is 1. The van der Waals surface area contributed by atoms with Crippen molar-refractivity contribution in [3.63, 3.8) is 0 Å². The van der Waals surface area contributed by atoms with Gasteiger partial charge in [-0.3, -0.25) is 24.5 Å². The molecule has 11 heteroatoms. The molecule has 0 fully saturated rings. The summed E-state index contributed by atoms with van der Waals surface area (Å²) < 4.78 is 5.17. The molecule has 0 saturated heterocycles. The first-order chi connectivity index (χ1) is 16.3. The van der Waals surface area contributed by atoms with Gasteiger partial charge < -0.3 is 20.5 Å². The van der Waals surface area contributed by atoms with Gasteiger partial charge in [0.05, 0.1) is 11.0 Å². The summed E-state index contributed by atoms with van der Waals surface area (Å²) in [5.74, 6) is -0.481. The summed E-state index contributed by atoms with van der Waals surface area (Å²) in [6.07, 6.45) is 2.47. The number of ether oxygens (including phenoxy) is 1. The zero-order valence-corrected chi connectivity index (χ0v) is 24.8. The Morgan fingerprint density at radius 3 is 2.19 bits per heavy atom. The van der Waals surface area contributed by atoms with Gasteiger partial charge in [-0.05, 0) is 44.7 Å². The van der Waals surface area contributed by atoms with E-state index in [1.165, 1.54) is 24.3 Å². The van der Waals surface area contributed by atoms with Gasteiger partial charge in [-0.1, -0.05) is 34.1 Å². The maximum atomic E-state index is 12.8. The van der Waals surface area contributed by atoms with Gasteiger partial charge in [-0.2, -0.15) is 0 Å². The van der Waals surface area contributed by atoms with Gasteiger partial charge in [0.25, 0.3) is 5.69 Å². The van der Waals surface area contributed by atoms with Gasteiger partial charge in [0.15, 0.2) is 0 Å². The molecule has 0 spiro atoms. The van der Waals surface area contributed by atoms with Crippen LogP contribution in [0, 0.1) is 20.9 Å². The van der Waals surface area contributed by atoms with Crippen LogP contribution in [0.5, 0.6) is 5.75 Å². The topological polar surface area (TPSA) is 148 Å². The molecule has 1 aromatic rings. The van der Waals surface area contributed by atoms with Gasteiger partial charge in [0.2, 0.25) is 11.8 Å². The largest absolute Gasteiger partial charge is 0.427 e. The van der Waals surface area contributed by atoms with E-state index in [-0.39, 0.29) is 68.9 Å². The van der Waals surface area contributed by atoms with Crippen LogP contribution in [0.4, 0.5) is 5.69 Å². The maximum Gasteiger partial charge on any atom is 0.311 e. The summed E-state index contributed by atoms with van der Waals surface area (Å²) in [6.45, 7) is 9.58. The summed E-state index contributed by atoms with van der Waals surface area (Å²) in [7, 11) is 0. The van der Waals surface area contributed by atoms with E-state index in [9.17, 15) is 29.6 Å². The molecule has 199 valence electrons. The number of aliphatic hydroxyl groups is 1. The Bertz CT molecular complexity index is 875. The molecule has 2 atom stereocenters. The van der Waals surface area contributed by atoms with Crippen LogP contribution in [-0.2, 0) is 47.1 Å². The van der Waals surface area contributed by atoms with Crippen LogP contribution < -0.4 is 15.4 Å². The van der Waals surface area contributed by atoms with E-state index in [1.807, 2.05) is 27.7 Å². The number of nitrogens with zero attached hydrogens (tertiary/aromatic N) is 1. The Kier molecular flexibility index (Phi) is 15.2. The number of amides is 2. The summed E-state index contributed by atoms with van der Waals surface area (Å²) in [6, 6.07) is 5.32. The van der Waals surface area contributed by atoms with Crippen molar-refractivity contribution in [2.75, 3.05) is 13.1 Å². The van der Waals surface area contributed by atoms with E-state index in [1.54, 1.807) is 6.92 Å². The molecule has 0 saturated carbocycles. The number of nitro groups is 1. The second kappa shape index (κ2) is 16.0. The van der Waals surface area contributed by atoms with Crippen LogP contribution in [0.3, 0.4) is 0 Å². The first-order valence-electron chi connectivity index (χ1n) is 12.0. The number of carbonyl (C=O) groups is 3. The fourth-order valence-electron chi connectivity index (χ4n) is 3.71. The molecule has 0 aromatic heterocycles.